The van der Waals surface area contributed by atoms with Crippen molar-refractivity contribution in [1.82, 2.24) is 0 Å². The highest BCUT2D eigenvalue weighted by molar-refractivity contribution is 8.00. The molecule has 2 bridgehead atoms. The molecule has 0 aromatic heterocycles. The van der Waals surface area contributed by atoms with Gasteiger partial charge in [0, 0.05) is 10.5 Å². The number of hydrogen-bond acceptors (Lipinski definition) is 2. The summed E-state index contributed by atoms with van der Waals surface area (Å²) in [6.45, 7) is 0. The van der Waals surface area contributed by atoms with E-state index in [9.17, 15) is 5.11 Å². The van der Waals surface area contributed by atoms with Crippen molar-refractivity contribution in [3.8, 4) is 0 Å². The minimum Gasteiger partial charge on any atom is -0.385 e. The van der Waals surface area contributed by atoms with Crippen LogP contribution in [0.25, 0.3) is 6.08 Å². The van der Waals surface area contributed by atoms with Crippen molar-refractivity contribution in [2.24, 2.45) is 0 Å². The average molecular weight is 272 g/mol. The van der Waals surface area contributed by atoms with E-state index in [-0.39, 0.29) is 0 Å². The Labute approximate surface area is 119 Å². The van der Waals surface area contributed by atoms with Gasteiger partial charge in [-0.2, -0.15) is 11.8 Å². The highest BCUT2D eigenvalue weighted by atomic mass is 32.2. The number of fused-ring (bicyclic) bond motifs is 3. The molecule has 2 unspecified atom stereocenters. The zero-order chi connectivity index (χ0) is 12.9. The molecule has 1 aromatic rings. The topological polar surface area (TPSA) is 20.2 Å². The van der Waals surface area contributed by atoms with Crippen molar-refractivity contribution in [2.45, 2.75) is 54.6 Å². The van der Waals surface area contributed by atoms with Crippen LogP contribution in [0.3, 0.4) is 0 Å². The van der Waals surface area contributed by atoms with Gasteiger partial charge in [-0.3, -0.25) is 0 Å². The molecule has 1 aliphatic carbocycles. The minimum atomic E-state index is -0.528. The van der Waals surface area contributed by atoms with E-state index < -0.39 is 5.60 Å². The Morgan fingerprint density at radius 3 is 2.58 bits per heavy atom. The maximum absolute atomic E-state index is 11.2. The van der Waals surface area contributed by atoms with Crippen LogP contribution < -0.4 is 0 Å². The molecule has 1 aromatic carbocycles. The monoisotopic (exact) mass is 272 g/mol. The molecule has 0 spiro atoms. The first-order chi connectivity index (χ1) is 9.23. The molecule has 2 fully saturated rings. The Bertz CT molecular complexity index is 522. The number of rotatable bonds is 1. The molecule has 0 saturated carbocycles. The highest BCUT2D eigenvalue weighted by Gasteiger charge is 2.44. The molecular weight excluding hydrogens is 252 g/mol. The first-order valence-electron chi connectivity index (χ1n) is 7.40. The number of aliphatic hydroxyl groups is 1. The third kappa shape index (κ3) is 2.05. The number of benzene rings is 1. The first kappa shape index (κ1) is 12.0. The minimum absolute atomic E-state index is 0.528. The molecule has 0 amide bonds. The summed E-state index contributed by atoms with van der Waals surface area (Å²) in [7, 11) is 0. The van der Waals surface area contributed by atoms with Crippen LogP contribution in [0.5, 0.6) is 0 Å². The summed E-state index contributed by atoms with van der Waals surface area (Å²) < 4.78 is 0. The molecule has 2 heteroatoms. The van der Waals surface area contributed by atoms with Gasteiger partial charge in [0.15, 0.2) is 0 Å². The maximum Gasteiger partial charge on any atom is 0.0884 e. The first-order valence-corrected chi connectivity index (χ1v) is 8.34. The summed E-state index contributed by atoms with van der Waals surface area (Å²) >= 11 is 2.13. The molecular formula is C17H20OS. The van der Waals surface area contributed by atoms with Crippen LogP contribution in [0, 0.1) is 0 Å². The molecule has 2 heterocycles. The zero-order valence-electron chi connectivity index (χ0n) is 11.1. The molecule has 1 N–H and O–H groups in total. The lowest BCUT2D eigenvalue weighted by Crippen LogP contribution is -2.44. The molecule has 1 nitrogen and oxygen atoms in total. The molecule has 0 radical (unpaired) electrons. The fraction of sp³-hybridized carbons (Fsp3) is 0.529. The Balaban J connectivity index is 1.63. The van der Waals surface area contributed by atoms with Crippen LogP contribution in [0.1, 0.15) is 43.2 Å². The molecule has 2 aliphatic heterocycles. The van der Waals surface area contributed by atoms with Crippen molar-refractivity contribution in [1.29, 1.82) is 0 Å². The van der Waals surface area contributed by atoms with E-state index in [2.05, 4.69) is 42.1 Å². The molecule has 3 aliphatic rings. The summed E-state index contributed by atoms with van der Waals surface area (Å²) in [5.74, 6) is 0. The van der Waals surface area contributed by atoms with E-state index >= 15 is 0 Å². The molecule has 19 heavy (non-hydrogen) atoms. The molecule has 2 saturated heterocycles. The largest absolute Gasteiger partial charge is 0.385 e. The predicted molar refractivity (Wildman–Crippen MR) is 81.3 cm³/mol. The summed E-state index contributed by atoms with van der Waals surface area (Å²) in [5, 5.41) is 12.5. The van der Waals surface area contributed by atoms with Gasteiger partial charge >= 0.3 is 0 Å². The SMILES string of the molecule is OC1(C2=Cc3ccccc3C2)CC2CCCC(C1)S2. The fourth-order valence-corrected chi connectivity index (χ4v) is 5.85. The lowest BCUT2D eigenvalue weighted by molar-refractivity contribution is 0.0478. The van der Waals surface area contributed by atoms with Crippen molar-refractivity contribution < 1.29 is 5.11 Å². The van der Waals surface area contributed by atoms with Gasteiger partial charge in [0.1, 0.15) is 0 Å². The van der Waals surface area contributed by atoms with Crippen molar-refractivity contribution in [3.05, 3.63) is 41.0 Å². The Morgan fingerprint density at radius 2 is 1.84 bits per heavy atom. The maximum atomic E-state index is 11.2. The van der Waals surface area contributed by atoms with Crippen LogP contribution >= 0.6 is 11.8 Å². The van der Waals surface area contributed by atoms with E-state index in [1.807, 2.05) is 0 Å². The standard InChI is InChI=1S/C17H20OS/c18-17(10-15-6-3-7-16(11-17)19-15)14-8-12-4-1-2-5-13(12)9-14/h1-2,4-5,8,15-16,18H,3,6-7,9-11H2. The van der Waals surface area contributed by atoms with Crippen molar-refractivity contribution in [3.63, 3.8) is 0 Å². The van der Waals surface area contributed by atoms with Crippen LogP contribution in [0.2, 0.25) is 0 Å². The molecule has 2 atom stereocenters. The Kier molecular flexibility index (Phi) is 2.78. The normalized spacial score (nSPS) is 36.8. The van der Waals surface area contributed by atoms with Gasteiger partial charge in [0.05, 0.1) is 5.60 Å². The second kappa shape index (κ2) is 4.39. The van der Waals surface area contributed by atoms with Gasteiger partial charge in [-0.15, -0.1) is 0 Å². The number of hydrogen-bond donors (Lipinski definition) is 1. The lowest BCUT2D eigenvalue weighted by Gasteiger charge is -2.44. The van der Waals surface area contributed by atoms with Crippen molar-refractivity contribution in [2.75, 3.05) is 0 Å². The summed E-state index contributed by atoms with van der Waals surface area (Å²) in [6, 6.07) is 8.56. The van der Waals surface area contributed by atoms with Gasteiger partial charge in [-0.05, 0) is 48.8 Å². The summed E-state index contributed by atoms with van der Waals surface area (Å²) in [4.78, 5) is 0. The smallest absolute Gasteiger partial charge is 0.0884 e. The Hall–Kier alpha value is -0.730. The van der Waals surface area contributed by atoms with E-state index in [4.69, 9.17) is 0 Å². The van der Waals surface area contributed by atoms with E-state index in [0.717, 1.165) is 19.3 Å². The van der Waals surface area contributed by atoms with E-state index in [1.165, 1.54) is 36.0 Å². The Morgan fingerprint density at radius 1 is 1.11 bits per heavy atom. The van der Waals surface area contributed by atoms with Gasteiger partial charge < -0.3 is 5.11 Å². The third-order valence-corrected chi connectivity index (χ3v) is 6.51. The average Bonchev–Trinajstić information content (AvgIpc) is 2.82. The van der Waals surface area contributed by atoms with Crippen LogP contribution in [-0.4, -0.2) is 21.2 Å². The lowest BCUT2D eigenvalue weighted by atomic mass is 9.79. The van der Waals surface area contributed by atoms with Crippen LogP contribution in [0.15, 0.2) is 29.8 Å². The second-order valence-electron chi connectivity index (χ2n) is 6.30. The van der Waals surface area contributed by atoms with E-state index in [0.29, 0.717) is 10.5 Å². The predicted octanol–water partition coefficient (Wildman–Crippen LogP) is 3.81. The summed E-state index contributed by atoms with van der Waals surface area (Å²) in [5.41, 5.74) is 3.44. The summed E-state index contributed by atoms with van der Waals surface area (Å²) in [6.07, 6.45) is 9.09. The second-order valence-corrected chi connectivity index (χ2v) is 7.90. The van der Waals surface area contributed by atoms with Gasteiger partial charge in [-0.1, -0.05) is 36.8 Å². The number of thioether (sulfide) groups is 1. The van der Waals surface area contributed by atoms with Gasteiger partial charge in [0.25, 0.3) is 0 Å². The fourth-order valence-electron chi connectivity index (χ4n) is 3.96. The van der Waals surface area contributed by atoms with E-state index in [1.54, 1.807) is 0 Å². The van der Waals surface area contributed by atoms with Crippen LogP contribution in [0.4, 0.5) is 0 Å². The molecule has 4 rings (SSSR count). The highest BCUT2D eigenvalue weighted by Crippen LogP contribution is 2.49. The molecule has 100 valence electrons. The van der Waals surface area contributed by atoms with Crippen LogP contribution in [-0.2, 0) is 6.42 Å². The van der Waals surface area contributed by atoms with Gasteiger partial charge in [0.2, 0.25) is 0 Å². The zero-order valence-corrected chi connectivity index (χ0v) is 12.0. The third-order valence-electron chi connectivity index (χ3n) is 4.93. The quantitative estimate of drug-likeness (QED) is 0.839. The van der Waals surface area contributed by atoms with Gasteiger partial charge in [-0.25, -0.2) is 0 Å². The van der Waals surface area contributed by atoms with Crippen molar-refractivity contribution >= 4 is 17.8 Å².